The fourth-order valence-corrected chi connectivity index (χ4v) is 4.44. The molecule has 114 valence electrons. The highest BCUT2D eigenvalue weighted by Gasteiger charge is 2.10. The Morgan fingerprint density at radius 1 is 0.684 bits per heavy atom. The summed E-state index contributed by atoms with van der Waals surface area (Å²) in [4.78, 5) is 0. The molecular formula is C18H36S. The van der Waals surface area contributed by atoms with Crippen molar-refractivity contribution in [1.29, 1.82) is 0 Å². The van der Waals surface area contributed by atoms with Gasteiger partial charge in [0, 0.05) is 5.25 Å². The first-order valence-electron chi connectivity index (χ1n) is 9.05. The van der Waals surface area contributed by atoms with Crippen LogP contribution in [0.3, 0.4) is 0 Å². The van der Waals surface area contributed by atoms with Crippen molar-refractivity contribution in [1.82, 2.24) is 0 Å². The topological polar surface area (TPSA) is 0 Å². The molecule has 0 heterocycles. The van der Waals surface area contributed by atoms with E-state index in [0.717, 1.165) is 5.25 Å². The zero-order chi connectivity index (χ0) is 13.6. The van der Waals surface area contributed by atoms with Crippen LogP contribution in [0.4, 0.5) is 0 Å². The molecule has 0 aromatic rings. The molecule has 0 aliphatic heterocycles. The maximum atomic E-state index is 2.30. The van der Waals surface area contributed by atoms with E-state index in [2.05, 4.69) is 18.7 Å². The maximum Gasteiger partial charge on any atom is 0.00470 e. The highest BCUT2D eigenvalue weighted by atomic mass is 32.2. The lowest BCUT2D eigenvalue weighted by Crippen LogP contribution is -2.05. The Labute approximate surface area is 126 Å². The van der Waals surface area contributed by atoms with E-state index in [1.807, 2.05) is 0 Å². The van der Waals surface area contributed by atoms with E-state index >= 15 is 0 Å². The van der Waals surface area contributed by atoms with Crippen LogP contribution >= 0.6 is 11.8 Å². The predicted molar refractivity (Wildman–Crippen MR) is 91.2 cm³/mol. The van der Waals surface area contributed by atoms with Crippen LogP contribution in [0.15, 0.2) is 0 Å². The first kappa shape index (κ1) is 17.4. The van der Waals surface area contributed by atoms with E-state index in [1.54, 1.807) is 0 Å². The van der Waals surface area contributed by atoms with Crippen LogP contribution in [0.5, 0.6) is 0 Å². The SMILES string of the molecule is CCCCCCCCSC1CCCCCCCCC1. The molecule has 0 aromatic heterocycles. The molecule has 1 aliphatic rings. The van der Waals surface area contributed by atoms with Crippen LogP contribution in [0, 0.1) is 0 Å². The molecule has 1 fully saturated rings. The zero-order valence-electron chi connectivity index (χ0n) is 13.3. The Kier molecular flexibility index (Phi) is 12.2. The molecule has 1 aliphatic carbocycles. The van der Waals surface area contributed by atoms with Gasteiger partial charge in [0.25, 0.3) is 0 Å². The zero-order valence-corrected chi connectivity index (χ0v) is 14.1. The molecule has 1 rings (SSSR count). The van der Waals surface area contributed by atoms with Gasteiger partial charge in [-0.3, -0.25) is 0 Å². The van der Waals surface area contributed by atoms with Crippen molar-refractivity contribution in [2.75, 3.05) is 5.75 Å². The van der Waals surface area contributed by atoms with Gasteiger partial charge >= 0.3 is 0 Å². The average Bonchev–Trinajstić information content (AvgIpc) is 2.44. The van der Waals surface area contributed by atoms with Crippen LogP contribution in [-0.2, 0) is 0 Å². The molecule has 0 saturated heterocycles. The molecule has 0 unspecified atom stereocenters. The summed E-state index contributed by atoms with van der Waals surface area (Å²) in [5.41, 5.74) is 0. The third-order valence-electron chi connectivity index (χ3n) is 4.40. The molecule has 0 nitrogen and oxygen atoms in total. The summed E-state index contributed by atoms with van der Waals surface area (Å²) in [6.07, 6.45) is 22.1. The van der Waals surface area contributed by atoms with Gasteiger partial charge < -0.3 is 0 Å². The van der Waals surface area contributed by atoms with Gasteiger partial charge in [-0.2, -0.15) is 11.8 Å². The smallest absolute Gasteiger partial charge is 0.00470 e. The summed E-state index contributed by atoms with van der Waals surface area (Å²) in [6.45, 7) is 2.30. The molecule has 0 N–H and O–H groups in total. The minimum Gasteiger partial charge on any atom is -0.159 e. The second kappa shape index (κ2) is 13.3. The van der Waals surface area contributed by atoms with Crippen molar-refractivity contribution in [2.24, 2.45) is 0 Å². The standard InChI is InChI=1S/C18H36S/c1-2-3-4-5-11-14-17-19-18-15-12-9-7-6-8-10-13-16-18/h18H,2-17H2,1H3. The Morgan fingerprint density at radius 2 is 1.21 bits per heavy atom. The Hall–Kier alpha value is 0.350. The van der Waals surface area contributed by atoms with E-state index in [1.165, 1.54) is 102 Å². The molecule has 19 heavy (non-hydrogen) atoms. The van der Waals surface area contributed by atoms with Gasteiger partial charge in [-0.1, -0.05) is 84.0 Å². The Morgan fingerprint density at radius 3 is 1.84 bits per heavy atom. The second-order valence-corrected chi connectivity index (χ2v) is 7.72. The minimum absolute atomic E-state index is 0.994. The van der Waals surface area contributed by atoms with Crippen LogP contribution in [-0.4, -0.2) is 11.0 Å². The van der Waals surface area contributed by atoms with Crippen LogP contribution in [0.25, 0.3) is 0 Å². The lowest BCUT2D eigenvalue weighted by Gasteiger charge is -2.18. The van der Waals surface area contributed by atoms with Crippen molar-refractivity contribution in [3.63, 3.8) is 0 Å². The van der Waals surface area contributed by atoms with Gasteiger partial charge in [0.15, 0.2) is 0 Å². The third kappa shape index (κ3) is 10.8. The fourth-order valence-electron chi connectivity index (χ4n) is 3.07. The first-order chi connectivity index (χ1) is 9.43. The molecule has 1 saturated carbocycles. The number of hydrogen-bond acceptors (Lipinski definition) is 1. The molecule has 0 amide bonds. The Bertz CT molecular complexity index is 169. The summed E-state index contributed by atoms with van der Waals surface area (Å²) < 4.78 is 0. The molecule has 0 aromatic carbocycles. The summed E-state index contributed by atoms with van der Waals surface area (Å²) in [6, 6.07) is 0. The van der Waals surface area contributed by atoms with Gasteiger partial charge in [-0.25, -0.2) is 0 Å². The number of rotatable bonds is 8. The Balaban J connectivity index is 1.98. The van der Waals surface area contributed by atoms with E-state index in [4.69, 9.17) is 0 Å². The van der Waals surface area contributed by atoms with Crippen molar-refractivity contribution in [3.05, 3.63) is 0 Å². The van der Waals surface area contributed by atoms with Crippen molar-refractivity contribution in [3.8, 4) is 0 Å². The lowest BCUT2D eigenvalue weighted by molar-refractivity contribution is 0.511. The lowest BCUT2D eigenvalue weighted by atomic mass is 10.0. The largest absolute Gasteiger partial charge is 0.159 e. The van der Waals surface area contributed by atoms with Crippen molar-refractivity contribution >= 4 is 11.8 Å². The van der Waals surface area contributed by atoms with E-state index in [-0.39, 0.29) is 0 Å². The summed E-state index contributed by atoms with van der Waals surface area (Å²) >= 11 is 2.30. The van der Waals surface area contributed by atoms with E-state index in [0.29, 0.717) is 0 Å². The second-order valence-electron chi connectivity index (χ2n) is 6.31. The van der Waals surface area contributed by atoms with Gasteiger partial charge in [0.1, 0.15) is 0 Å². The van der Waals surface area contributed by atoms with Gasteiger partial charge in [0.05, 0.1) is 0 Å². The van der Waals surface area contributed by atoms with Crippen LogP contribution in [0.2, 0.25) is 0 Å². The number of thioether (sulfide) groups is 1. The molecule has 0 bridgehead atoms. The summed E-state index contributed by atoms with van der Waals surface area (Å²) in [5, 5.41) is 0.994. The van der Waals surface area contributed by atoms with Crippen molar-refractivity contribution < 1.29 is 0 Å². The van der Waals surface area contributed by atoms with Gasteiger partial charge in [-0.15, -0.1) is 0 Å². The molecule has 1 heteroatoms. The van der Waals surface area contributed by atoms with E-state index in [9.17, 15) is 0 Å². The van der Waals surface area contributed by atoms with Crippen LogP contribution < -0.4 is 0 Å². The van der Waals surface area contributed by atoms with Crippen LogP contribution in [0.1, 0.15) is 103 Å². The molecule has 0 spiro atoms. The van der Waals surface area contributed by atoms with Gasteiger partial charge in [0.2, 0.25) is 0 Å². The summed E-state index contributed by atoms with van der Waals surface area (Å²) in [7, 11) is 0. The monoisotopic (exact) mass is 284 g/mol. The average molecular weight is 285 g/mol. The fraction of sp³-hybridized carbons (Fsp3) is 1.00. The quantitative estimate of drug-likeness (QED) is 0.433. The predicted octanol–water partition coefficient (Wildman–Crippen LogP) is 6.97. The molecule has 0 atom stereocenters. The van der Waals surface area contributed by atoms with Gasteiger partial charge in [-0.05, 0) is 25.0 Å². The number of unbranched alkanes of at least 4 members (excludes halogenated alkanes) is 5. The molecule has 0 radical (unpaired) electrons. The van der Waals surface area contributed by atoms with Crippen molar-refractivity contribution in [2.45, 2.75) is 108 Å². The van der Waals surface area contributed by atoms with E-state index < -0.39 is 0 Å². The highest BCUT2D eigenvalue weighted by molar-refractivity contribution is 7.99. The third-order valence-corrected chi connectivity index (χ3v) is 5.87. The maximum absolute atomic E-state index is 2.30. The first-order valence-corrected chi connectivity index (χ1v) is 10.1. The molecular weight excluding hydrogens is 248 g/mol. The summed E-state index contributed by atoms with van der Waals surface area (Å²) in [5.74, 6) is 1.43. The minimum atomic E-state index is 0.994. The number of hydrogen-bond donors (Lipinski definition) is 0. The highest BCUT2D eigenvalue weighted by Crippen LogP contribution is 2.26. The normalized spacial score (nSPS) is 19.4.